The highest BCUT2D eigenvalue weighted by atomic mass is 16.5. The lowest BCUT2D eigenvalue weighted by molar-refractivity contribution is -0.137. The summed E-state index contributed by atoms with van der Waals surface area (Å²) in [5, 5.41) is 11.3. The molecule has 1 unspecified atom stereocenters. The van der Waals surface area contributed by atoms with E-state index in [9.17, 15) is 9.59 Å². The quantitative estimate of drug-likeness (QED) is 0.801. The maximum Gasteiger partial charge on any atom is 0.303 e. The van der Waals surface area contributed by atoms with Crippen LogP contribution in [0, 0.1) is 0 Å². The molecule has 98 valence electrons. The summed E-state index contributed by atoms with van der Waals surface area (Å²) in [5.74, 6) is -1.04. The molecule has 1 aromatic rings. The number of likely N-dealkylation sites (N-methyl/N-ethyl adjacent to an activating group) is 1. The number of carboxylic acids is 1. The number of methoxy groups -OCH3 is 1. The van der Waals surface area contributed by atoms with Crippen LogP contribution in [-0.2, 0) is 9.59 Å². The van der Waals surface area contributed by atoms with Crippen molar-refractivity contribution in [2.75, 3.05) is 14.2 Å². The van der Waals surface area contributed by atoms with E-state index < -0.39 is 11.9 Å². The van der Waals surface area contributed by atoms with Crippen molar-refractivity contribution in [3.63, 3.8) is 0 Å². The molecule has 0 heterocycles. The second kappa shape index (κ2) is 6.64. The van der Waals surface area contributed by atoms with Crippen molar-refractivity contribution in [1.82, 2.24) is 5.32 Å². The highest BCUT2D eigenvalue weighted by Gasteiger charge is 2.23. The number of hydrogen-bond donors (Lipinski definition) is 2. The van der Waals surface area contributed by atoms with E-state index in [1.54, 1.807) is 24.3 Å². The third-order valence-electron chi connectivity index (χ3n) is 2.72. The molecular weight excluding hydrogens is 234 g/mol. The average Bonchev–Trinajstić information content (AvgIpc) is 2.38. The van der Waals surface area contributed by atoms with Crippen LogP contribution in [0.1, 0.15) is 24.3 Å². The van der Waals surface area contributed by atoms with Gasteiger partial charge in [-0.1, -0.05) is 18.2 Å². The lowest BCUT2D eigenvalue weighted by Gasteiger charge is -2.17. The van der Waals surface area contributed by atoms with E-state index in [1.807, 2.05) is 0 Å². The molecule has 2 N–H and O–H groups in total. The Kier molecular flexibility index (Phi) is 5.17. The van der Waals surface area contributed by atoms with Crippen molar-refractivity contribution >= 4 is 11.9 Å². The Labute approximate surface area is 106 Å². The molecule has 1 aromatic carbocycles. The largest absolute Gasteiger partial charge is 0.496 e. The second-order valence-corrected chi connectivity index (χ2v) is 3.84. The van der Waals surface area contributed by atoms with Gasteiger partial charge in [-0.3, -0.25) is 9.59 Å². The monoisotopic (exact) mass is 251 g/mol. The van der Waals surface area contributed by atoms with Crippen LogP contribution in [0.5, 0.6) is 5.75 Å². The van der Waals surface area contributed by atoms with Crippen LogP contribution < -0.4 is 10.1 Å². The van der Waals surface area contributed by atoms with E-state index in [1.165, 1.54) is 14.2 Å². The molecule has 0 fully saturated rings. The van der Waals surface area contributed by atoms with Crippen molar-refractivity contribution in [2.24, 2.45) is 0 Å². The molecule has 0 aromatic heterocycles. The molecule has 0 saturated heterocycles. The Morgan fingerprint density at radius 2 is 2.06 bits per heavy atom. The van der Waals surface area contributed by atoms with E-state index in [0.717, 1.165) is 0 Å². The van der Waals surface area contributed by atoms with Crippen molar-refractivity contribution in [3.8, 4) is 5.75 Å². The Balaban J connectivity index is 3.01. The van der Waals surface area contributed by atoms with Gasteiger partial charge in [0.15, 0.2) is 0 Å². The van der Waals surface area contributed by atoms with Gasteiger partial charge in [0.25, 0.3) is 0 Å². The molecular formula is C13H17NO4. The number of carboxylic acid groups (broad SMARTS) is 1. The summed E-state index contributed by atoms with van der Waals surface area (Å²) in [5.41, 5.74) is 0.709. The highest BCUT2D eigenvalue weighted by molar-refractivity contribution is 5.84. The molecule has 5 nitrogen and oxygen atoms in total. The molecule has 1 rings (SSSR count). The fraction of sp³-hybridized carbons (Fsp3) is 0.385. The van der Waals surface area contributed by atoms with Gasteiger partial charge in [-0.25, -0.2) is 0 Å². The van der Waals surface area contributed by atoms with Crippen LogP contribution >= 0.6 is 0 Å². The summed E-state index contributed by atoms with van der Waals surface area (Å²) >= 11 is 0. The van der Waals surface area contributed by atoms with Gasteiger partial charge in [0, 0.05) is 19.0 Å². The number of ether oxygens (including phenoxy) is 1. The van der Waals surface area contributed by atoms with Gasteiger partial charge < -0.3 is 15.2 Å². The first kappa shape index (κ1) is 14.0. The summed E-state index contributed by atoms with van der Waals surface area (Å²) in [7, 11) is 3.06. The molecule has 0 radical (unpaired) electrons. The van der Waals surface area contributed by atoms with Crippen LogP contribution in [0.2, 0.25) is 0 Å². The summed E-state index contributed by atoms with van der Waals surface area (Å²) in [6.45, 7) is 0. The van der Waals surface area contributed by atoms with Crippen LogP contribution in [0.15, 0.2) is 24.3 Å². The maximum absolute atomic E-state index is 11.8. The van der Waals surface area contributed by atoms with Gasteiger partial charge in [0.2, 0.25) is 5.91 Å². The number of para-hydroxylation sites is 1. The zero-order valence-electron chi connectivity index (χ0n) is 10.5. The molecule has 1 atom stereocenters. The van der Waals surface area contributed by atoms with E-state index >= 15 is 0 Å². The fourth-order valence-electron chi connectivity index (χ4n) is 1.82. The Bertz CT molecular complexity index is 431. The van der Waals surface area contributed by atoms with E-state index in [-0.39, 0.29) is 18.7 Å². The zero-order chi connectivity index (χ0) is 13.5. The molecule has 0 bridgehead atoms. The standard InChI is InChI=1S/C13H17NO4/c1-14-13(17)10(7-8-12(15)16)9-5-3-4-6-11(9)18-2/h3-6,10H,7-8H2,1-2H3,(H,14,17)(H,15,16). The minimum atomic E-state index is -0.918. The number of benzene rings is 1. The predicted octanol–water partition coefficient (Wildman–Crippen LogP) is 1.39. The smallest absolute Gasteiger partial charge is 0.303 e. The van der Waals surface area contributed by atoms with Gasteiger partial charge in [0.1, 0.15) is 5.75 Å². The number of hydrogen-bond acceptors (Lipinski definition) is 3. The second-order valence-electron chi connectivity index (χ2n) is 3.84. The summed E-state index contributed by atoms with van der Waals surface area (Å²) in [6.07, 6.45) is 0.186. The van der Waals surface area contributed by atoms with Gasteiger partial charge in [-0.2, -0.15) is 0 Å². The van der Waals surface area contributed by atoms with E-state index in [4.69, 9.17) is 9.84 Å². The molecule has 5 heteroatoms. The molecule has 0 saturated carbocycles. The van der Waals surface area contributed by atoms with Crippen LogP contribution in [0.3, 0.4) is 0 Å². The molecule has 1 amide bonds. The van der Waals surface area contributed by atoms with E-state index in [2.05, 4.69) is 5.32 Å². The molecule has 0 aliphatic carbocycles. The third kappa shape index (κ3) is 3.48. The first-order chi connectivity index (χ1) is 8.60. The molecule has 0 aliphatic rings. The lowest BCUT2D eigenvalue weighted by Crippen LogP contribution is -2.26. The fourth-order valence-corrected chi connectivity index (χ4v) is 1.82. The first-order valence-corrected chi connectivity index (χ1v) is 5.66. The van der Waals surface area contributed by atoms with Crippen molar-refractivity contribution in [1.29, 1.82) is 0 Å². The summed E-state index contributed by atoms with van der Waals surface area (Å²) < 4.78 is 5.20. The third-order valence-corrected chi connectivity index (χ3v) is 2.72. The summed E-state index contributed by atoms with van der Waals surface area (Å²) in [6, 6.07) is 7.14. The zero-order valence-corrected chi connectivity index (χ0v) is 10.5. The Hall–Kier alpha value is -2.04. The maximum atomic E-state index is 11.8. The Morgan fingerprint density at radius 3 is 2.61 bits per heavy atom. The number of aliphatic carboxylic acids is 1. The van der Waals surface area contributed by atoms with Crippen LogP contribution in [0.4, 0.5) is 0 Å². The normalized spacial score (nSPS) is 11.7. The number of rotatable bonds is 6. The first-order valence-electron chi connectivity index (χ1n) is 5.66. The number of amides is 1. The lowest BCUT2D eigenvalue weighted by atomic mass is 9.92. The topological polar surface area (TPSA) is 75.6 Å². The number of carbonyl (C=O) groups excluding carboxylic acids is 1. The van der Waals surface area contributed by atoms with E-state index in [0.29, 0.717) is 11.3 Å². The van der Waals surface area contributed by atoms with Gasteiger partial charge in [-0.05, 0) is 12.5 Å². The van der Waals surface area contributed by atoms with Gasteiger partial charge in [-0.15, -0.1) is 0 Å². The van der Waals surface area contributed by atoms with Gasteiger partial charge in [0.05, 0.1) is 13.0 Å². The summed E-state index contributed by atoms with van der Waals surface area (Å²) in [4.78, 5) is 22.5. The van der Waals surface area contributed by atoms with Crippen LogP contribution in [0.25, 0.3) is 0 Å². The predicted molar refractivity (Wildman–Crippen MR) is 66.7 cm³/mol. The minimum absolute atomic E-state index is 0.0594. The molecule has 0 spiro atoms. The van der Waals surface area contributed by atoms with Crippen molar-refractivity contribution < 1.29 is 19.4 Å². The number of nitrogens with one attached hydrogen (secondary N) is 1. The Morgan fingerprint density at radius 1 is 1.39 bits per heavy atom. The van der Waals surface area contributed by atoms with Crippen LogP contribution in [-0.4, -0.2) is 31.1 Å². The molecule has 0 aliphatic heterocycles. The number of carbonyl (C=O) groups is 2. The van der Waals surface area contributed by atoms with Crippen molar-refractivity contribution in [2.45, 2.75) is 18.8 Å². The molecule has 18 heavy (non-hydrogen) atoms. The average molecular weight is 251 g/mol. The highest BCUT2D eigenvalue weighted by Crippen LogP contribution is 2.29. The van der Waals surface area contributed by atoms with Gasteiger partial charge >= 0.3 is 5.97 Å². The SMILES string of the molecule is CNC(=O)C(CCC(=O)O)c1ccccc1OC. The minimum Gasteiger partial charge on any atom is -0.496 e. The van der Waals surface area contributed by atoms with Crippen molar-refractivity contribution in [3.05, 3.63) is 29.8 Å².